The van der Waals surface area contributed by atoms with E-state index in [1.807, 2.05) is 13.0 Å². The zero-order valence-corrected chi connectivity index (χ0v) is 20.7. The normalized spacial score (nSPS) is 33.6. The van der Waals surface area contributed by atoms with Gasteiger partial charge in [0.15, 0.2) is 5.54 Å². The van der Waals surface area contributed by atoms with Gasteiger partial charge in [0.1, 0.15) is 12.6 Å². The summed E-state index contributed by atoms with van der Waals surface area (Å²) in [5.41, 5.74) is 0.636. The predicted molar refractivity (Wildman–Crippen MR) is 127 cm³/mol. The summed E-state index contributed by atoms with van der Waals surface area (Å²) in [4.78, 5) is 27.6. The number of rotatable bonds is 5. The van der Waals surface area contributed by atoms with Crippen LogP contribution in [0.2, 0.25) is 0 Å². The number of likely N-dealkylation sites (tertiary alicyclic amines) is 1. The number of nitrogens with zero attached hydrogens (tertiary/aromatic N) is 2. The van der Waals surface area contributed by atoms with Crippen LogP contribution in [0.25, 0.3) is 0 Å². The number of likely N-dealkylation sites (N-methyl/N-ethyl adjacent to an activating group) is 1. The Labute approximate surface area is 202 Å². The van der Waals surface area contributed by atoms with Gasteiger partial charge < -0.3 is 19.7 Å². The van der Waals surface area contributed by atoms with E-state index in [1.165, 1.54) is 5.56 Å². The van der Waals surface area contributed by atoms with Crippen LogP contribution in [-0.2, 0) is 14.3 Å². The van der Waals surface area contributed by atoms with Crippen molar-refractivity contribution >= 4 is 11.9 Å². The third-order valence-corrected chi connectivity index (χ3v) is 8.37. The second-order valence-electron chi connectivity index (χ2n) is 10.4. The molecule has 3 atom stereocenters. The van der Waals surface area contributed by atoms with Crippen LogP contribution in [-0.4, -0.2) is 85.8 Å². The number of carbonyl (C=O) groups is 2. The van der Waals surface area contributed by atoms with Crippen LogP contribution in [0.1, 0.15) is 56.9 Å². The number of halogens is 1. The minimum atomic E-state index is -1.93. The Morgan fingerprint density at radius 2 is 1.94 bits per heavy atom. The Bertz CT molecular complexity index is 859. The summed E-state index contributed by atoms with van der Waals surface area (Å²) in [5.74, 6) is -0.0484. The van der Waals surface area contributed by atoms with Crippen LogP contribution in [0, 0.1) is 0 Å². The number of carbonyl (C=O) groups excluding carboxylic acids is 2. The molecule has 3 fully saturated rings. The largest absolute Gasteiger partial charge is 0.376 e. The molecule has 3 aliphatic rings. The standard InChI is InChI=1S/C26H38FN3O4/c1-4-28-25(32)29-16-8-15-26(18-34-23(27)24(31)30(26,2)3)22(29)17-33-21-13-11-20(12-14-21)19-9-6-5-7-10-19/h5-7,9-10,20-23H,4,8,11-18H2,1-3H3/p+1/t20?,21?,22-,23-,26+/m0/s1. The Kier molecular flexibility index (Phi) is 7.60. The SMILES string of the molecule is CCNC(=O)N1CCC[C@@]2(CO[C@H](F)C(=O)[N+]2(C)C)[C@@H]1COC1CCC(c2ccccc2)CC1. The summed E-state index contributed by atoms with van der Waals surface area (Å²) in [6, 6.07) is 10.1. The van der Waals surface area contributed by atoms with Gasteiger partial charge in [-0.25, -0.2) is 14.0 Å². The number of quaternary nitrogens is 1. The van der Waals surface area contributed by atoms with E-state index in [0.29, 0.717) is 32.0 Å². The highest BCUT2D eigenvalue weighted by Gasteiger charge is 2.64. The summed E-state index contributed by atoms with van der Waals surface area (Å²) >= 11 is 0. The summed E-state index contributed by atoms with van der Waals surface area (Å²) < 4.78 is 25.9. The first kappa shape index (κ1) is 25.1. The van der Waals surface area contributed by atoms with Crippen LogP contribution in [0.15, 0.2) is 30.3 Å². The van der Waals surface area contributed by atoms with Gasteiger partial charge in [0.25, 0.3) is 0 Å². The van der Waals surface area contributed by atoms with Gasteiger partial charge in [-0.2, -0.15) is 0 Å². The highest BCUT2D eigenvalue weighted by molar-refractivity contribution is 5.76. The van der Waals surface area contributed by atoms with E-state index in [0.717, 1.165) is 32.1 Å². The zero-order valence-electron chi connectivity index (χ0n) is 20.7. The Morgan fingerprint density at radius 3 is 2.62 bits per heavy atom. The lowest BCUT2D eigenvalue weighted by atomic mass is 9.77. The molecule has 188 valence electrons. The van der Waals surface area contributed by atoms with E-state index in [9.17, 15) is 14.0 Å². The fourth-order valence-electron chi connectivity index (χ4n) is 6.17. The number of piperidine rings is 1. The van der Waals surface area contributed by atoms with Crippen LogP contribution in [0.5, 0.6) is 0 Å². The molecule has 34 heavy (non-hydrogen) atoms. The number of alkyl halides is 1. The Morgan fingerprint density at radius 1 is 1.24 bits per heavy atom. The van der Waals surface area contributed by atoms with Crippen molar-refractivity contribution in [2.75, 3.05) is 40.4 Å². The molecule has 2 heterocycles. The highest BCUT2D eigenvalue weighted by atomic mass is 19.1. The van der Waals surface area contributed by atoms with Crippen molar-refractivity contribution in [2.45, 2.75) is 75.4 Å². The van der Waals surface area contributed by atoms with Crippen LogP contribution in [0.4, 0.5) is 9.18 Å². The van der Waals surface area contributed by atoms with Crippen molar-refractivity contribution in [3.05, 3.63) is 35.9 Å². The van der Waals surface area contributed by atoms with Gasteiger partial charge in [-0.15, -0.1) is 0 Å². The van der Waals surface area contributed by atoms with Crippen molar-refractivity contribution in [3.8, 4) is 0 Å². The molecule has 4 rings (SSSR count). The average molecular weight is 477 g/mol. The van der Waals surface area contributed by atoms with Gasteiger partial charge in [-0.3, -0.25) is 4.48 Å². The maximum atomic E-state index is 14.3. The number of morpholine rings is 1. The number of hydrogen-bond donors (Lipinski definition) is 1. The lowest BCUT2D eigenvalue weighted by molar-refractivity contribution is -0.886. The van der Waals surface area contributed by atoms with Crippen LogP contribution < -0.4 is 5.32 Å². The molecule has 0 radical (unpaired) electrons. The van der Waals surface area contributed by atoms with Crippen molar-refractivity contribution < 1.29 is 27.9 Å². The Hall–Kier alpha value is -2.03. The number of hydrogen-bond acceptors (Lipinski definition) is 4. The number of urea groups is 1. The van der Waals surface area contributed by atoms with E-state index in [1.54, 1.807) is 19.0 Å². The smallest absolute Gasteiger partial charge is 0.375 e. The predicted octanol–water partition coefficient (Wildman–Crippen LogP) is 3.59. The molecule has 1 N–H and O–H groups in total. The molecule has 0 aromatic heterocycles. The van der Waals surface area contributed by atoms with Crippen LogP contribution >= 0.6 is 0 Å². The maximum Gasteiger partial charge on any atom is 0.375 e. The van der Waals surface area contributed by atoms with Crippen molar-refractivity contribution in [1.82, 2.24) is 10.2 Å². The summed E-state index contributed by atoms with van der Waals surface area (Å²) in [7, 11) is 3.49. The first-order valence-electron chi connectivity index (χ1n) is 12.7. The number of nitrogens with one attached hydrogen (secondary N) is 1. The number of benzene rings is 1. The summed E-state index contributed by atoms with van der Waals surface area (Å²) in [6.07, 6.45) is 3.62. The van der Waals surface area contributed by atoms with Gasteiger partial charge in [0.05, 0.1) is 26.8 Å². The Balaban J connectivity index is 1.49. The monoisotopic (exact) mass is 476 g/mol. The third kappa shape index (κ3) is 4.60. The topological polar surface area (TPSA) is 67.9 Å². The summed E-state index contributed by atoms with van der Waals surface area (Å²) in [6.45, 7) is 3.37. The van der Waals surface area contributed by atoms with Crippen molar-refractivity contribution in [1.29, 1.82) is 0 Å². The fourth-order valence-corrected chi connectivity index (χ4v) is 6.17. The van der Waals surface area contributed by atoms with Gasteiger partial charge >= 0.3 is 18.3 Å². The van der Waals surface area contributed by atoms with E-state index in [4.69, 9.17) is 9.47 Å². The van der Waals surface area contributed by atoms with E-state index < -0.39 is 17.8 Å². The van der Waals surface area contributed by atoms with Gasteiger partial charge in [0, 0.05) is 19.5 Å². The van der Waals surface area contributed by atoms with Gasteiger partial charge in [-0.05, 0) is 50.5 Å². The zero-order chi connectivity index (χ0) is 24.3. The second-order valence-corrected chi connectivity index (χ2v) is 10.4. The lowest BCUT2D eigenvalue weighted by Crippen LogP contribution is -2.80. The van der Waals surface area contributed by atoms with Crippen LogP contribution in [0.3, 0.4) is 0 Å². The minimum Gasteiger partial charge on any atom is -0.376 e. The molecule has 1 spiro atoms. The fraction of sp³-hybridized carbons (Fsp3) is 0.692. The third-order valence-electron chi connectivity index (χ3n) is 8.37. The molecular weight excluding hydrogens is 437 g/mol. The van der Waals surface area contributed by atoms with E-state index in [2.05, 4.69) is 29.6 Å². The molecule has 2 saturated heterocycles. The average Bonchev–Trinajstić information content (AvgIpc) is 2.85. The molecule has 0 unspecified atom stereocenters. The molecule has 2 aliphatic heterocycles. The maximum absolute atomic E-state index is 14.3. The highest BCUT2D eigenvalue weighted by Crippen LogP contribution is 2.42. The molecule has 0 bridgehead atoms. The van der Waals surface area contributed by atoms with E-state index in [-0.39, 0.29) is 29.3 Å². The first-order chi connectivity index (χ1) is 16.3. The molecule has 1 aromatic carbocycles. The molecule has 1 aliphatic carbocycles. The van der Waals surface area contributed by atoms with Gasteiger partial charge in [0.2, 0.25) is 0 Å². The van der Waals surface area contributed by atoms with Gasteiger partial charge in [-0.1, -0.05) is 30.3 Å². The summed E-state index contributed by atoms with van der Waals surface area (Å²) in [5, 5.41) is 2.90. The molecular formula is C26H39FN3O4+. The molecule has 3 amide bonds. The quantitative estimate of drug-likeness (QED) is 0.660. The van der Waals surface area contributed by atoms with Crippen molar-refractivity contribution in [3.63, 3.8) is 0 Å². The van der Waals surface area contributed by atoms with E-state index >= 15 is 0 Å². The number of amides is 3. The lowest BCUT2D eigenvalue weighted by Gasteiger charge is -2.57. The van der Waals surface area contributed by atoms with Crippen molar-refractivity contribution in [2.24, 2.45) is 0 Å². The minimum absolute atomic E-state index is 0.0809. The molecule has 1 saturated carbocycles. The molecule has 1 aromatic rings. The molecule has 8 heteroatoms. The second kappa shape index (κ2) is 10.3. The molecule has 7 nitrogen and oxygen atoms in total. The first-order valence-corrected chi connectivity index (χ1v) is 12.7. The number of ether oxygens (including phenoxy) is 2.